The van der Waals surface area contributed by atoms with E-state index in [-0.39, 0.29) is 29.5 Å². The Labute approximate surface area is 297 Å². The summed E-state index contributed by atoms with van der Waals surface area (Å²) in [6.07, 6.45) is 2.23. The van der Waals surface area contributed by atoms with Gasteiger partial charge < -0.3 is 19.9 Å². The molecule has 264 valence electrons. The van der Waals surface area contributed by atoms with Gasteiger partial charge in [-0.3, -0.25) is 34.5 Å². The summed E-state index contributed by atoms with van der Waals surface area (Å²) in [5.41, 5.74) is 6.11. The predicted molar refractivity (Wildman–Crippen MR) is 192 cm³/mol. The van der Waals surface area contributed by atoms with E-state index in [1.165, 1.54) is 7.11 Å². The molecule has 0 radical (unpaired) electrons. The third-order valence-corrected chi connectivity index (χ3v) is 10.4. The van der Waals surface area contributed by atoms with Crippen LogP contribution in [0.5, 0.6) is 0 Å². The highest BCUT2D eigenvalue weighted by Gasteiger charge is 2.34. The highest BCUT2D eigenvalue weighted by molar-refractivity contribution is 6.04. The van der Waals surface area contributed by atoms with Gasteiger partial charge in [0.05, 0.1) is 24.7 Å². The first-order chi connectivity index (χ1) is 24.8. The van der Waals surface area contributed by atoms with Crippen molar-refractivity contribution in [3.8, 4) is 0 Å². The molecule has 51 heavy (non-hydrogen) atoms. The maximum absolute atomic E-state index is 13.3. The minimum atomic E-state index is -0.706. The second-order valence-corrected chi connectivity index (χ2v) is 13.6. The molecule has 4 amide bonds. The fourth-order valence-electron chi connectivity index (χ4n) is 7.48. The Balaban J connectivity index is 0.902. The summed E-state index contributed by atoms with van der Waals surface area (Å²) in [4.78, 5) is 57.0. The lowest BCUT2D eigenvalue weighted by molar-refractivity contribution is -0.143. The van der Waals surface area contributed by atoms with Crippen molar-refractivity contribution in [2.75, 3.05) is 37.5 Å². The number of rotatable bonds is 10. The van der Waals surface area contributed by atoms with Gasteiger partial charge >= 0.3 is 0 Å². The van der Waals surface area contributed by atoms with Crippen molar-refractivity contribution < 1.29 is 23.9 Å². The van der Waals surface area contributed by atoms with Gasteiger partial charge in [0.2, 0.25) is 11.8 Å². The first kappa shape index (κ1) is 34.1. The van der Waals surface area contributed by atoms with Crippen molar-refractivity contribution in [3.63, 3.8) is 0 Å². The van der Waals surface area contributed by atoms with Crippen LogP contribution >= 0.6 is 0 Å². The van der Waals surface area contributed by atoms with E-state index in [0.29, 0.717) is 43.4 Å². The number of carbonyl (C=O) groups is 4. The number of piperidine rings is 2. The largest absolute Gasteiger partial charge is 0.371 e. The van der Waals surface area contributed by atoms with Crippen molar-refractivity contribution in [2.45, 2.75) is 63.4 Å². The SMILES string of the molecule is CO[C@@H](C(=O)N1Cc2[nH]nc(NC(=O)c3ccc(N4CCC(N(C)Cc5cccc(C6CCC(=O)NC6=O)c5)CC4)cc3)c2C1)c1ccccc1. The van der Waals surface area contributed by atoms with Crippen molar-refractivity contribution in [2.24, 2.45) is 0 Å². The van der Waals surface area contributed by atoms with Crippen molar-refractivity contribution >= 4 is 35.1 Å². The number of H-pyrrole nitrogens is 1. The molecule has 4 aromatic rings. The van der Waals surface area contributed by atoms with Crippen LogP contribution in [0.1, 0.15) is 76.0 Å². The summed E-state index contributed by atoms with van der Waals surface area (Å²) in [6.45, 7) is 3.28. The molecule has 12 nitrogen and oxygen atoms in total. The van der Waals surface area contributed by atoms with E-state index in [9.17, 15) is 19.2 Å². The molecule has 1 aromatic heterocycles. The maximum atomic E-state index is 13.3. The van der Waals surface area contributed by atoms with Crippen LogP contribution in [0.4, 0.5) is 11.5 Å². The second kappa shape index (κ2) is 14.9. The number of hydrogen-bond acceptors (Lipinski definition) is 8. The Hall–Kier alpha value is -5.33. The molecule has 3 aromatic carbocycles. The van der Waals surface area contributed by atoms with Gasteiger partial charge in [0.15, 0.2) is 11.9 Å². The van der Waals surface area contributed by atoms with E-state index in [2.05, 4.69) is 49.8 Å². The maximum Gasteiger partial charge on any atom is 0.256 e. The second-order valence-electron chi connectivity index (χ2n) is 13.6. The van der Waals surface area contributed by atoms with E-state index in [1.54, 1.807) is 4.90 Å². The monoisotopic (exact) mass is 689 g/mol. The molecule has 0 aliphatic carbocycles. The molecule has 0 bridgehead atoms. The molecule has 2 atom stereocenters. The number of fused-ring (bicyclic) bond motifs is 1. The van der Waals surface area contributed by atoms with Gasteiger partial charge in [-0.2, -0.15) is 5.10 Å². The molecule has 1 unspecified atom stereocenters. The number of ether oxygens (including phenoxy) is 1. The summed E-state index contributed by atoms with van der Waals surface area (Å²) in [5.74, 6) is -0.664. The molecule has 3 aliphatic heterocycles. The molecule has 3 aliphatic rings. The number of nitrogens with zero attached hydrogens (tertiary/aromatic N) is 4. The van der Waals surface area contributed by atoms with E-state index in [4.69, 9.17) is 4.74 Å². The van der Waals surface area contributed by atoms with Crippen LogP contribution in [0.2, 0.25) is 0 Å². The number of aromatic amines is 1. The summed E-state index contributed by atoms with van der Waals surface area (Å²) >= 11 is 0. The van der Waals surface area contributed by atoms with Crippen LogP contribution < -0.4 is 15.5 Å². The average Bonchev–Trinajstić information content (AvgIpc) is 3.74. The van der Waals surface area contributed by atoms with Gasteiger partial charge in [-0.1, -0.05) is 54.6 Å². The first-order valence-corrected chi connectivity index (χ1v) is 17.5. The molecular formula is C39H43N7O5. The molecule has 3 N–H and O–H groups in total. The summed E-state index contributed by atoms with van der Waals surface area (Å²) in [7, 11) is 3.68. The molecule has 7 rings (SSSR count). The van der Waals surface area contributed by atoms with Gasteiger partial charge in [-0.25, -0.2) is 0 Å². The summed E-state index contributed by atoms with van der Waals surface area (Å²) in [6, 6.07) is 25.6. The topological polar surface area (TPSA) is 140 Å². The molecule has 12 heteroatoms. The Morgan fingerprint density at radius 3 is 2.47 bits per heavy atom. The molecule has 0 spiro atoms. The Kier molecular flexibility index (Phi) is 9.96. The standard InChI is InChI=1S/C39H43N7O5/c1-44(22-25-7-6-10-28(21-25)31-15-16-34(47)40-38(31)49)29-17-19-45(20-18-29)30-13-11-27(12-14-30)37(48)41-36-32-23-46(24-33(32)42-43-36)39(50)35(51-2)26-8-4-3-5-9-26/h3-14,21,29,31,35H,15-20,22-24H2,1-2H3,(H,40,47,49)(H2,41,42,43,48)/t31?,35-/m1/s1. The third-order valence-electron chi connectivity index (χ3n) is 10.4. The van der Waals surface area contributed by atoms with Gasteiger partial charge in [0, 0.05) is 56.0 Å². The Morgan fingerprint density at radius 1 is 0.980 bits per heavy atom. The number of aromatic nitrogens is 2. The van der Waals surface area contributed by atoms with Crippen molar-refractivity contribution in [1.29, 1.82) is 0 Å². The van der Waals surface area contributed by atoms with Gasteiger partial charge in [-0.15, -0.1) is 0 Å². The zero-order valence-electron chi connectivity index (χ0n) is 28.9. The quantitative estimate of drug-likeness (QED) is 0.207. The van der Waals surface area contributed by atoms with Crippen molar-refractivity contribution in [1.82, 2.24) is 25.3 Å². The van der Waals surface area contributed by atoms with E-state index in [0.717, 1.165) is 66.1 Å². The summed E-state index contributed by atoms with van der Waals surface area (Å²) < 4.78 is 5.55. The number of benzene rings is 3. The number of methoxy groups -OCH3 is 1. The molecule has 0 saturated carbocycles. The Morgan fingerprint density at radius 2 is 1.75 bits per heavy atom. The number of carbonyl (C=O) groups excluding carboxylic acids is 4. The van der Waals surface area contributed by atoms with E-state index >= 15 is 0 Å². The number of imide groups is 1. The number of anilines is 2. The van der Waals surface area contributed by atoms with Crippen LogP contribution in [-0.2, 0) is 38.8 Å². The molecule has 2 fully saturated rings. The van der Waals surface area contributed by atoms with Crippen LogP contribution in [0.15, 0.2) is 78.9 Å². The van der Waals surface area contributed by atoms with Gasteiger partial charge in [-0.05, 0) is 67.3 Å². The lowest BCUT2D eigenvalue weighted by Gasteiger charge is -2.38. The van der Waals surface area contributed by atoms with Gasteiger partial charge in [0.25, 0.3) is 11.8 Å². The lowest BCUT2D eigenvalue weighted by Crippen LogP contribution is -2.43. The summed E-state index contributed by atoms with van der Waals surface area (Å²) in [5, 5.41) is 12.7. The van der Waals surface area contributed by atoms with Crippen LogP contribution in [0.3, 0.4) is 0 Å². The highest BCUT2D eigenvalue weighted by Crippen LogP contribution is 2.31. The average molecular weight is 690 g/mol. The number of nitrogens with one attached hydrogen (secondary N) is 3. The van der Waals surface area contributed by atoms with E-state index < -0.39 is 6.10 Å². The fourth-order valence-corrected chi connectivity index (χ4v) is 7.48. The minimum Gasteiger partial charge on any atom is -0.371 e. The van der Waals surface area contributed by atoms with Crippen molar-refractivity contribution in [3.05, 3.63) is 112 Å². The smallest absolute Gasteiger partial charge is 0.256 e. The zero-order valence-corrected chi connectivity index (χ0v) is 28.9. The first-order valence-electron chi connectivity index (χ1n) is 17.5. The lowest BCUT2D eigenvalue weighted by atomic mass is 9.89. The predicted octanol–water partition coefficient (Wildman–Crippen LogP) is 4.51. The number of amides is 4. The van der Waals surface area contributed by atoms with Crippen LogP contribution in [0, 0.1) is 0 Å². The van der Waals surface area contributed by atoms with Crippen LogP contribution in [-0.4, -0.2) is 76.9 Å². The van der Waals surface area contributed by atoms with E-state index in [1.807, 2.05) is 66.7 Å². The third kappa shape index (κ3) is 7.42. The minimum absolute atomic E-state index is 0.145. The molecular weight excluding hydrogens is 646 g/mol. The highest BCUT2D eigenvalue weighted by atomic mass is 16.5. The fraction of sp³-hybridized carbons (Fsp3) is 0.359. The number of hydrogen-bond donors (Lipinski definition) is 3. The normalized spacial score (nSPS) is 18.5. The van der Waals surface area contributed by atoms with Gasteiger partial charge in [0.1, 0.15) is 0 Å². The Bertz CT molecular complexity index is 1900. The molecule has 4 heterocycles. The zero-order chi connectivity index (χ0) is 35.5. The van der Waals surface area contributed by atoms with Crippen LogP contribution in [0.25, 0.3) is 0 Å². The molecule has 2 saturated heterocycles.